The van der Waals surface area contributed by atoms with Crippen molar-refractivity contribution in [2.45, 2.75) is 25.6 Å². The minimum Gasteiger partial charge on any atom is -0.494 e. The second kappa shape index (κ2) is 9.16. The lowest BCUT2D eigenvalue weighted by atomic mass is 9.94. The van der Waals surface area contributed by atoms with Crippen LogP contribution in [0, 0.1) is 0 Å². The largest absolute Gasteiger partial charge is 0.494 e. The van der Waals surface area contributed by atoms with Crippen molar-refractivity contribution in [2.75, 3.05) is 32.8 Å². The van der Waals surface area contributed by atoms with Gasteiger partial charge in [0, 0.05) is 30.2 Å². The van der Waals surface area contributed by atoms with Gasteiger partial charge in [0.1, 0.15) is 5.75 Å². The van der Waals surface area contributed by atoms with Crippen LogP contribution in [0.4, 0.5) is 13.2 Å². The van der Waals surface area contributed by atoms with Crippen LogP contribution in [-0.4, -0.2) is 37.7 Å². The minimum absolute atomic E-state index is 0.373. The third kappa shape index (κ3) is 4.99. The molecule has 0 spiro atoms. The van der Waals surface area contributed by atoms with E-state index in [0.29, 0.717) is 22.9 Å². The molecule has 1 saturated heterocycles. The van der Waals surface area contributed by atoms with Crippen molar-refractivity contribution in [3.05, 3.63) is 64.2 Å². The van der Waals surface area contributed by atoms with Crippen LogP contribution in [0.1, 0.15) is 36.1 Å². The van der Waals surface area contributed by atoms with E-state index in [1.807, 2.05) is 6.92 Å². The SMILES string of the molecule is CCOc1ccc(Cl)cc1C(c1cccc(C(F)(F)F)c1)N1CCCNCC1. The first-order valence-corrected chi connectivity index (χ1v) is 9.82. The molecule has 1 aliphatic rings. The molecule has 1 heterocycles. The standard InChI is InChI=1S/C21H24ClF3N2O/c1-2-28-19-8-7-17(22)14-18(19)20(27-11-4-9-26-10-12-27)15-5-3-6-16(13-15)21(23,24)25/h3,5-8,13-14,20,26H,2,4,9-12H2,1H3. The molecule has 7 heteroatoms. The Morgan fingerprint density at radius 2 is 1.96 bits per heavy atom. The predicted octanol–water partition coefficient (Wildman–Crippen LogP) is 5.14. The lowest BCUT2D eigenvalue weighted by Crippen LogP contribution is -2.33. The molecule has 28 heavy (non-hydrogen) atoms. The van der Waals surface area contributed by atoms with E-state index in [2.05, 4.69) is 10.2 Å². The summed E-state index contributed by atoms with van der Waals surface area (Å²) in [5.41, 5.74) is 0.721. The van der Waals surface area contributed by atoms with Crippen molar-refractivity contribution in [3.8, 4) is 5.75 Å². The van der Waals surface area contributed by atoms with Crippen LogP contribution in [0.2, 0.25) is 5.02 Å². The summed E-state index contributed by atoms with van der Waals surface area (Å²) in [6.45, 7) is 5.50. The molecule has 2 aromatic carbocycles. The zero-order valence-electron chi connectivity index (χ0n) is 15.7. The Morgan fingerprint density at radius 1 is 1.14 bits per heavy atom. The summed E-state index contributed by atoms with van der Waals surface area (Å²) in [5, 5.41) is 3.87. The summed E-state index contributed by atoms with van der Waals surface area (Å²) >= 11 is 6.26. The van der Waals surface area contributed by atoms with Crippen LogP contribution < -0.4 is 10.1 Å². The topological polar surface area (TPSA) is 24.5 Å². The molecule has 3 nitrogen and oxygen atoms in total. The van der Waals surface area contributed by atoms with Gasteiger partial charge in [-0.15, -0.1) is 0 Å². The zero-order valence-corrected chi connectivity index (χ0v) is 16.5. The summed E-state index contributed by atoms with van der Waals surface area (Å²) in [7, 11) is 0. The van der Waals surface area contributed by atoms with Crippen molar-refractivity contribution >= 4 is 11.6 Å². The van der Waals surface area contributed by atoms with Crippen LogP contribution >= 0.6 is 11.6 Å². The van der Waals surface area contributed by atoms with E-state index in [-0.39, 0.29) is 6.04 Å². The highest BCUT2D eigenvalue weighted by molar-refractivity contribution is 6.30. The van der Waals surface area contributed by atoms with Crippen molar-refractivity contribution in [3.63, 3.8) is 0 Å². The van der Waals surface area contributed by atoms with E-state index in [1.165, 1.54) is 12.1 Å². The Balaban J connectivity index is 2.12. The van der Waals surface area contributed by atoms with Gasteiger partial charge < -0.3 is 10.1 Å². The summed E-state index contributed by atoms with van der Waals surface area (Å²) < 4.78 is 45.8. The average Bonchev–Trinajstić information content (AvgIpc) is 2.93. The molecule has 3 rings (SSSR count). The second-order valence-electron chi connectivity index (χ2n) is 6.78. The Hall–Kier alpha value is -1.76. The van der Waals surface area contributed by atoms with E-state index < -0.39 is 11.7 Å². The summed E-state index contributed by atoms with van der Waals surface area (Å²) in [6, 6.07) is 10.5. The number of rotatable bonds is 5. The van der Waals surface area contributed by atoms with Crippen LogP contribution in [0.15, 0.2) is 42.5 Å². The summed E-state index contributed by atoms with van der Waals surface area (Å²) in [4.78, 5) is 2.20. The highest BCUT2D eigenvalue weighted by Crippen LogP contribution is 2.39. The van der Waals surface area contributed by atoms with Gasteiger partial charge in [-0.1, -0.05) is 23.7 Å². The molecular formula is C21H24ClF3N2O. The highest BCUT2D eigenvalue weighted by atomic mass is 35.5. The predicted molar refractivity (Wildman–Crippen MR) is 105 cm³/mol. The molecule has 1 fully saturated rings. The number of benzene rings is 2. The monoisotopic (exact) mass is 412 g/mol. The third-order valence-electron chi connectivity index (χ3n) is 4.84. The van der Waals surface area contributed by atoms with Gasteiger partial charge >= 0.3 is 6.18 Å². The van der Waals surface area contributed by atoms with Crippen molar-refractivity contribution < 1.29 is 17.9 Å². The van der Waals surface area contributed by atoms with Gasteiger partial charge in [0.2, 0.25) is 0 Å². The Labute approximate surface area is 168 Å². The summed E-state index contributed by atoms with van der Waals surface area (Å²) in [5.74, 6) is 0.645. The number of alkyl halides is 3. The molecule has 2 aromatic rings. The van der Waals surface area contributed by atoms with Gasteiger partial charge in [-0.05, 0) is 55.8 Å². The zero-order chi connectivity index (χ0) is 20.1. The molecule has 0 bridgehead atoms. The summed E-state index contributed by atoms with van der Waals surface area (Å²) in [6.07, 6.45) is -3.47. The normalized spacial score (nSPS) is 17.2. The molecule has 0 radical (unpaired) electrons. The van der Waals surface area contributed by atoms with Crippen LogP contribution in [-0.2, 0) is 6.18 Å². The first kappa shape index (κ1) is 21.0. The minimum atomic E-state index is -4.39. The van der Waals surface area contributed by atoms with E-state index in [9.17, 15) is 13.2 Å². The Morgan fingerprint density at radius 3 is 2.71 bits per heavy atom. The first-order chi connectivity index (χ1) is 13.4. The molecule has 152 valence electrons. The number of ether oxygens (including phenoxy) is 1. The number of nitrogens with zero attached hydrogens (tertiary/aromatic N) is 1. The first-order valence-electron chi connectivity index (χ1n) is 9.44. The fraction of sp³-hybridized carbons (Fsp3) is 0.429. The van der Waals surface area contributed by atoms with E-state index >= 15 is 0 Å². The number of hydrogen-bond donors (Lipinski definition) is 1. The molecule has 1 aliphatic heterocycles. The molecule has 1 N–H and O–H groups in total. The fourth-order valence-corrected chi connectivity index (χ4v) is 3.80. The van der Waals surface area contributed by atoms with Gasteiger partial charge in [0.05, 0.1) is 18.2 Å². The Bertz CT molecular complexity index is 789. The maximum Gasteiger partial charge on any atom is 0.416 e. The maximum absolute atomic E-state index is 13.3. The number of nitrogens with one attached hydrogen (secondary N) is 1. The van der Waals surface area contributed by atoms with Crippen molar-refractivity contribution in [1.29, 1.82) is 0 Å². The van der Waals surface area contributed by atoms with Gasteiger partial charge in [-0.25, -0.2) is 0 Å². The van der Waals surface area contributed by atoms with Gasteiger partial charge in [0.15, 0.2) is 0 Å². The molecular weight excluding hydrogens is 389 g/mol. The van der Waals surface area contributed by atoms with Gasteiger partial charge in [-0.2, -0.15) is 13.2 Å². The third-order valence-corrected chi connectivity index (χ3v) is 5.07. The van der Waals surface area contributed by atoms with Gasteiger partial charge in [-0.3, -0.25) is 4.90 Å². The maximum atomic E-state index is 13.3. The average molecular weight is 413 g/mol. The second-order valence-corrected chi connectivity index (χ2v) is 7.22. The van der Waals surface area contributed by atoms with Crippen LogP contribution in [0.25, 0.3) is 0 Å². The van der Waals surface area contributed by atoms with E-state index in [0.717, 1.165) is 44.2 Å². The molecule has 0 aliphatic carbocycles. The molecule has 0 saturated carbocycles. The van der Waals surface area contributed by atoms with Gasteiger partial charge in [0.25, 0.3) is 0 Å². The van der Waals surface area contributed by atoms with E-state index in [4.69, 9.17) is 16.3 Å². The molecule has 0 aromatic heterocycles. The number of halogens is 4. The lowest BCUT2D eigenvalue weighted by molar-refractivity contribution is -0.137. The molecule has 0 amide bonds. The Kier molecular flexibility index (Phi) is 6.86. The molecule has 1 atom stereocenters. The smallest absolute Gasteiger partial charge is 0.416 e. The van der Waals surface area contributed by atoms with Crippen LogP contribution in [0.5, 0.6) is 5.75 Å². The molecule has 1 unspecified atom stereocenters. The fourth-order valence-electron chi connectivity index (χ4n) is 3.62. The van der Waals surface area contributed by atoms with E-state index in [1.54, 1.807) is 24.3 Å². The van der Waals surface area contributed by atoms with Crippen molar-refractivity contribution in [2.24, 2.45) is 0 Å². The lowest BCUT2D eigenvalue weighted by Gasteiger charge is -2.32. The quantitative estimate of drug-likeness (QED) is 0.735. The van der Waals surface area contributed by atoms with Crippen LogP contribution in [0.3, 0.4) is 0 Å². The van der Waals surface area contributed by atoms with Crippen molar-refractivity contribution in [1.82, 2.24) is 10.2 Å². The number of hydrogen-bond acceptors (Lipinski definition) is 3. The highest BCUT2D eigenvalue weighted by Gasteiger charge is 2.33.